The number of hydrogen-bond acceptors (Lipinski definition) is 5. The Kier molecular flexibility index (Phi) is 7.04. The van der Waals surface area contributed by atoms with Crippen molar-refractivity contribution in [1.82, 2.24) is 15.6 Å². The van der Waals surface area contributed by atoms with Crippen LogP contribution in [0.15, 0.2) is 42.7 Å². The van der Waals surface area contributed by atoms with Gasteiger partial charge in [-0.1, -0.05) is 12.1 Å². The zero-order chi connectivity index (χ0) is 17.2. The first-order valence-electron chi connectivity index (χ1n) is 7.80. The molecule has 0 bridgehead atoms. The van der Waals surface area contributed by atoms with E-state index in [1.165, 1.54) is 0 Å². The van der Waals surface area contributed by atoms with Crippen LogP contribution in [0.4, 0.5) is 0 Å². The maximum Gasteiger partial charge on any atom is 0.233 e. The summed E-state index contributed by atoms with van der Waals surface area (Å²) in [5.41, 5.74) is 2.13. The van der Waals surface area contributed by atoms with E-state index in [0.29, 0.717) is 24.6 Å². The van der Waals surface area contributed by atoms with Gasteiger partial charge in [0.1, 0.15) is 0 Å². The summed E-state index contributed by atoms with van der Waals surface area (Å²) in [4.78, 5) is 15.8. The lowest BCUT2D eigenvalue weighted by Crippen LogP contribution is -2.34. The number of nitrogens with one attached hydrogen (secondary N) is 2. The standard InChI is InChI=1S/C18H23N3O3/c1-23-16-6-5-14(10-17(16)24-2)7-9-21-18(22)13-20-12-15-4-3-8-19-11-15/h3-6,8,10-11,20H,7,9,12-13H2,1-2H3,(H,21,22). The lowest BCUT2D eigenvalue weighted by atomic mass is 10.1. The van der Waals surface area contributed by atoms with Gasteiger partial charge in [-0.25, -0.2) is 0 Å². The summed E-state index contributed by atoms with van der Waals surface area (Å²) in [6.07, 6.45) is 4.24. The number of carbonyl (C=O) groups is 1. The van der Waals surface area contributed by atoms with E-state index in [4.69, 9.17) is 9.47 Å². The van der Waals surface area contributed by atoms with Crippen LogP contribution in [-0.4, -0.2) is 38.2 Å². The Morgan fingerprint density at radius 2 is 1.96 bits per heavy atom. The van der Waals surface area contributed by atoms with Gasteiger partial charge < -0.3 is 20.1 Å². The molecule has 0 saturated carbocycles. The van der Waals surface area contributed by atoms with E-state index in [1.807, 2.05) is 30.3 Å². The number of ether oxygens (including phenoxy) is 2. The van der Waals surface area contributed by atoms with Crippen molar-refractivity contribution in [3.05, 3.63) is 53.9 Å². The molecule has 0 unspecified atom stereocenters. The van der Waals surface area contributed by atoms with Crippen LogP contribution in [0.1, 0.15) is 11.1 Å². The molecular weight excluding hydrogens is 306 g/mol. The molecule has 128 valence electrons. The van der Waals surface area contributed by atoms with Crippen LogP contribution in [0.5, 0.6) is 11.5 Å². The Morgan fingerprint density at radius 1 is 1.12 bits per heavy atom. The highest BCUT2D eigenvalue weighted by atomic mass is 16.5. The van der Waals surface area contributed by atoms with Gasteiger partial charge in [0.2, 0.25) is 5.91 Å². The zero-order valence-corrected chi connectivity index (χ0v) is 14.0. The summed E-state index contributed by atoms with van der Waals surface area (Å²) in [6, 6.07) is 9.60. The van der Waals surface area contributed by atoms with E-state index in [9.17, 15) is 4.79 Å². The maximum atomic E-state index is 11.8. The minimum atomic E-state index is -0.0284. The van der Waals surface area contributed by atoms with Gasteiger partial charge in [0.15, 0.2) is 11.5 Å². The molecule has 0 aliphatic carbocycles. The Labute approximate surface area is 142 Å². The number of amides is 1. The van der Waals surface area contributed by atoms with E-state index in [-0.39, 0.29) is 12.5 Å². The highest BCUT2D eigenvalue weighted by Crippen LogP contribution is 2.27. The van der Waals surface area contributed by atoms with Crippen molar-refractivity contribution < 1.29 is 14.3 Å². The SMILES string of the molecule is COc1ccc(CCNC(=O)CNCc2cccnc2)cc1OC. The average molecular weight is 329 g/mol. The Bertz CT molecular complexity index is 647. The Hall–Kier alpha value is -2.60. The summed E-state index contributed by atoms with van der Waals surface area (Å²) < 4.78 is 10.5. The van der Waals surface area contributed by atoms with E-state index in [2.05, 4.69) is 15.6 Å². The molecule has 24 heavy (non-hydrogen) atoms. The molecule has 2 rings (SSSR count). The predicted molar refractivity (Wildman–Crippen MR) is 92.2 cm³/mol. The first-order valence-corrected chi connectivity index (χ1v) is 7.80. The molecule has 0 atom stereocenters. The fraction of sp³-hybridized carbons (Fsp3) is 0.333. The monoisotopic (exact) mass is 329 g/mol. The molecule has 0 aliphatic rings. The second kappa shape index (κ2) is 9.52. The lowest BCUT2D eigenvalue weighted by Gasteiger charge is -2.10. The van der Waals surface area contributed by atoms with Crippen molar-refractivity contribution in [2.24, 2.45) is 0 Å². The van der Waals surface area contributed by atoms with Gasteiger partial charge in [-0.2, -0.15) is 0 Å². The molecular formula is C18H23N3O3. The molecule has 2 N–H and O–H groups in total. The van der Waals surface area contributed by atoms with E-state index in [1.54, 1.807) is 26.6 Å². The quantitative estimate of drug-likeness (QED) is 0.730. The van der Waals surface area contributed by atoms with Crippen LogP contribution >= 0.6 is 0 Å². The normalized spacial score (nSPS) is 10.2. The zero-order valence-electron chi connectivity index (χ0n) is 14.0. The van der Waals surface area contributed by atoms with Gasteiger partial charge in [0.05, 0.1) is 20.8 Å². The summed E-state index contributed by atoms with van der Waals surface area (Å²) in [7, 11) is 3.22. The van der Waals surface area contributed by atoms with Crippen molar-refractivity contribution >= 4 is 5.91 Å². The summed E-state index contributed by atoms with van der Waals surface area (Å²) in [5, 5.41) is 5.99. The fourth-order valence-electron chi connectivity index (χ4n) is 2.27. The van der Waals surface area contributed by atoms with E-state index >= 15 is 0 Å². The average Bonchev–Trinajstić information content (AvgIpc) is 2.62. The number of carbonyl (C=O) groups excluding carboxylic acids is 1. The molecule has 1 aromatic heterocycles. The second-order valence-corrected chi connectivity index (χ2v) is 5.25. The molecule has 0 radical (unpaired) electrons. The molecule has 1 amide bonds. The van der Waals surface area contributed by atoms with Gasteiger partial charge in [-0.05, 0) is 35.7 Å². The Balaban J connectivity index is 1.69. The molecule has 1 aromatic carbocycles. The van der Waals surface area contributed by atoms with Crippen molar-refractivity contribution in [2.45, 2.75) is 13.0 Å². The number of aromatic nitrogens is 1. The minimum absolute atomic E-state index is 0.0284. The lowest BCUT2D eigenvalue weighted by molar-refractivity contribution is -0.120. The molecule has 0 fully saturated rings. The van der Waals surface area contributed by atoms with Crippen molar-refractivity contribution in [1.29, 1.82) is 0 Å². The van der Waals surface area contributed by atoms with Gasteiger partial charge in [0, 0.05) is 25.5 Å². The molecule has 6 nitrogen and oxygen atoms in total. The molecule has 2 aromatic rings. The van der Waals surface area contributed by atoms with Crippen LogP contribution in [0.25, 0.3) is 0 Å². The van der Waals surface area contributed by atoms with Crippen molar-refractivity contribution in [3.63, 3.8) is 0 Å². The van der Waals surface area contributed by atoms with Crippen molar-refractivity contribution in [3.8, 4) is 11.5 Å². The summed E-state index contributed by atoms with van der Waals surface area (Å²) in [6.45, 7) is 1.47. The van der Waals surface area contributed by atoms with Gasteiger partial charge in [0.25, 0.3) is 0 Å². The van der Waals surface area contributed by atoms with Gasteiger partial charge in [-0.15, -0.1) is 0 Å². The molecule has 1 heterocycles. The number of methoxy groups -OCH3 is 2. The Morgan fingerprint density at radius 3 is 2.67 bits per heavy atom. The summed E-state index contributed by atoms with van der Waals surface area (Å²) in [5.74, 6) is 1.36. The molecule has 0 saturated heterocycles. The molecule has 0 spiro atoms. The van der Waals surface area contributed by atoms with Crippen LogP contribution in [0, 0.1) is 0 Å². The number of hydrogen-bond donors (Lipinski definition) is 2. The van der Waals surface area contributed by atoms with Crippen molar-refractivity contribution in [2.75, 3.05) is 27.3 Å². The topological polar surface area (TPSA) is 72.5 Å². The fourth-order valence-corrected chi connectivity index (χ4v) is 2.27. The highest BCUT2D eigenvalue weighted by molar-refractivity contribution is 5.77. The third-order valence-corrected chi connectivity index (χ3v) is 3.52. The smallest absolute Gasteiger partial charge is 0.233 e. The van der Waals surface area contributed by atoms with Crippen LogP contribution in [-0.2, 0) is 17.8 Å². The minimum Gasteiger partial charge on any atom is -0.493 e. The predicted octanol–water partition coefficient (Wildman–Crippen LogP) is 1.55. The first kappa shape index (κ1) is 17.7. The number of pyridine rings is 1. The third-order valence-electron chi connectivity index (χ3n) is 3.52. The maximum absolute atomic E-state index is 11.8. The highest BCUT2D eigenvalue weighted by Gasteiger charge is 2.05. The van der Waals surface area contributed by atoms with Crippen LogP contribution < -0.4 is 20.1 Å². The van der Waals surface area contributed by atoms with Gasteiger partial charge in [-0.3, -0.25) is 9.78 Å². The molecule has 0 aliphatic heterocycles. The first-order chi connectivity index (χ1) is 11.7. The number of rotatable bonds is 9. The van der Waals surface area contributed by atoms with Crippen LogP contribution in [0.2, 0.25) is 0 Å². The second-order valence-electron chi connectivity index (χ2n) is 5.25. The molecule has 6 heteroatoms. The number of benzene rings is 1. The van der Waals surface area contributed by atoms with E-state index < -0.39 is 0 Å². The van der Waals surface area contributed by atoms with Gasteiger partial charge >= 0.3 is 0 Å². The van der Waals surface area contributed by atoms with E-state index in [0.717, 1.165) is 17.5 Å². The summed E-state index contributed by atoms with van der Waals surface area (Å²) >= 11 is 0. The number of nitrogens with zero attached hydrogens (tertiary/aromatic N) is 1. The van der Waals surface area contributed by atoms with Crippen LogP contribution in [0.3, 0.4) is 0 Å². The third kappa shape index (κ3) is 5.55. The largest absolute Gasteiger partial charge is 0.493 e.